The number of nitrogens with one attached hydrogen (secondary N) is 2. The first-order chi connectivity index (χ1) is 26.2. The molecule has 0 aliphatic carbocycles. The molecule has 6 rings (SSSR count). The SMILES string of the molecule is CC(C)[C@H](NC(=O)OC(C)(C)C)C(=O)OC1C(O)C(c2c[nH]c3c(N)ncnc23)N(C(=O)O)C1COC(c1ccccc1)(c1ccccc1)c1ccccc1. The van der Waals surface area contributed by atoms with E-state index in [1.165, 1.54) is 12.5 Å². The lowest BCUT2D eigenvalue weighted by Crippen LogP contribution is -2.51. The van der Waals surface area contributed by atoms with Gasteiger partial charge in [0.05, 0.1) is 24.2 Å². The highest BCUT2D eigenvalue weighted by molar-refractivity contribution is 5.88. The first-order valence-electron chi connectivity index (χ1n) is 18.0. The Morgan fingerprint density at radius 3 is 1.95 bits per heavy atom. The Morgan fingerprint density at radius 2 is 1.45 bits per heavy atom. The lowest BCUT2D eigenvalue weighted by Gasteiger charge is -2.38. The normalized spacial score (nSPS) is 19.3. The molecule has 1 aliphatic rings. The van der Waals surface area contributed by atoms with Crippen molar-refractivity contribution in [2.45, 2.75) is 76.2 Å². The zero-order valence-corrected chi connectivity index (χ0v) is 31.2. The molecule has 5 atom stereocenters. The monoisotopic (exact) mass is 750 g/mol. The summed E-state index contributed by atoms with van der Waals surface area (Å²) in [6.45, 7) is 8.15. The van der Waals surface area contributed by atoms with Gasteiger partial charge in [0.15, 0.2) is 11.9 Å². The highest BCUT2D eigenvalue weighted by Crippen LogP contribution is 2.45. The molecular weight excluding hydrogens is 704 g/mol. The molecule has 1 fully saturated rings. The van der Waals surface area contributed by atoms with Crippen LogP contribution < -0.4 is 11.1 Å². The molecule has 14 heteroatoms. The number of fused-ring (bicyclic) bond motifs is 1. The highest BCUT2D eigenvalue weighted by Gasteiger charge is 2.56. The van der Waals surface area contributed by atoms with Gasteiger partial charge in [-0.3, -0.25) is 4.90 Å². The number of H-pyrrole nitrogens is 1. The molecule has 0 spiro atoms. The van der Waals surface area contributed by atoms with E-state index < -0.39 is 65.6 Å². The first kappa shape index (κ1) is 38.7. The number of likely N-dealkylation sites (tertiary alicyclic amines) is 1. The van der Waals surface area contributed by atoms with Crippen molar-refractivity contribution in [1.82, 2.24) is 25.2 Å². The van der Waals surface area contributed by atoms with Crippen molar-refractivity contribution in [3.63, 3.8) is 0 Å². The minimum absolute atomic E-state index is 0.125. The molecule has 14 nitrogen and oxygen atoms in total. The van der Waals surface area contributed by atoms with E-state index in [0.717, 1.165) is 21.6 Å². The van der Waals surface area contributed by atoms with Gasteiger partial charge in [0.2, 0.25) is 0 Å². The van der Waals surface area contributed by atoms with Crippen molar-refractivity contribution in [1.29, 1.82) is 0 Å². The minimum atomic E-state index is -1.63. The zero-order valence-electron chi connectivity index (χ0n) is 31.2. The fraction of sp³-hybridized carbons (Fsp3) is 0.341. The number of nitrogens with zero attached hydrogens (tertiary/aromatic N) is 3. The van der Waals surface area contributed by atoms with Gasteiger partial charge in [0.25, 0.3) is 0 Å². The van der Waals surface area contributed by atoms with E-state index in [-0.39, 0.29) is 23.5 Å². The van der Waals surface area contributed by atoms with Gasteiger partial charge in [-0.2, -0.15) is 0 Å². The summed E-state index contributed by atoms with van der Waals surface area (Å²) in [6.07, 6.45) is -2.62. The van der Waals surface area contributed by atoms with Crippen LogP contribution in [0.4, 0.5) is 15.4 Å². The Morgan fingerprint density at radius 1 is 0.909 bits per heavy atom. The summed E-state index contributed by atoms with van der Waals surface area (Å²) in [5, 5.41) is 25.7. The van der Waals surface area contributed by atoms with Crippen molar-refractivity contribution < 1.29 is 38.8 Å². The summed E-state index contributed by atoms with van der Waals surface area (Å²) in [5.74, 6) is -1.25. The summed E-state index contributed by atoms with van der Waals surface area (Å²) in [6, 6.07) is 24.7. The minimum Gasteiger partial charge on any atom is -0.465 e. The second-order valence-corrected chi connectivity index (χ2v) is 14.8. The number of nitrogen functional groups attached to an aromatic ring is 1. The smallest absolute Gasteiger partial charge is 0.408 e. The summed E-state index contributed by atoms with van der Waals surface area (Å²) in [4.78, 5) is 52.7. The molecule has 288 valence electrons. The van der Waals surface area contributed by atoms with E-state index in [4.69, 9.17) is 19.9 Å². The highest BCUT2D eigenvalue weighted by atomic mass is 16.6. The predicted molar refractivity (Wildman–Crippen MR) is 204 cm³/mol. The van der Waals surface area contributed by atoms with Crippen LogP contribution in [0, 0.1) is 5.92 Å². The van der Waals surface area contributed by atoms with Crippen LogP contribution in [0.1, 0.15) is 62.9 Å². The van der Waals surface area contributed by atoms with Crippen LogP contribution in [0.25, 0.3) is 11.0 Å². The molecule has 55 heavy (non-hydrogen) atoms. The van der Waals surface area contributed by atoms with Crippen LogP contribution in [-0.2, 0) is 24.6 Å². The number of aromatic amines is 1. The third-order valence-corrected chi connectivity index (χ3v) is 9.61. The average molecular weight is 751 g/mol. The van der Waals surface area contributed by atoms with Crippen LogP contribution in [0.2, 0.25) is 0 Å². The molecule has 6 N–H and O–H groups in total. The predicted octanol–water partition coefficient (Wildman–Crippen LogP) is 5.77. The van der Waals surface area contributed by atoms with E-state index in [2.05, 4.69) is 20.3 Å². The number of carbonyl (C=O) groups is 3. The van der Waals surface area contributed by atoms with Gasteiger partial charge in [0, 0.05) is 11.8 Å². The molecule has 2 amide bonds. The van der Waals surface area contributed by atoms with E-state index in [9.17, 15) is 24.6 Å². The molecule has 0 saturated carbocycles. The van der Waals surface area contributed by atoms with Gasteiger partial charge in [-0.1, -0.05) is 105 Å². The maximum atomic E-state index is 14.1. The fourth-order valence-corrected chi connectivity index (χ4v) is 7.18. The van der Waals surface area contributed by atoms with Gasteiger partial charge in [-0.05, 0) is 43.4 Å². The fourth-order valence-electron chi connectivity index (χ4n) is 7.18. The number of rotatable bonds is 11. The lowest BCUT2D eigenvalue weighted by atomic mass is 9.80. The Kier molecular flexibility index (Phi) is 11.1. The van der Waals surface area contributed by atoms with Crippen LogP contribution in [0.5, 0.6) is 0 Å². The molecule has 5 aromatic rings. The van der Waals surface area contributed by atoms with E-state index in [1.807, 2.05) is 91.0 Å². The van der Waals surface area contributed by atoms with Crippen molar-refractivity contribution in [2.24, 2.45) is 5.92 Å². The van der Waals surface area contributed by atoms with Crippen molar-refractivity contribution in [3.05, 3.63) is 126 Å². The summed E-state index contributed by atoms with van der Waals surface area (Å²) < 4.78 is 18.6. The van der Waals surface area contributed by atoms with Gasteiger partial charge in [0.1, 0.15) is 35.2 Å². The summed E-state index contributed by atoms with van der Waals surface area (Å²) >= 11 is 0. The molecule has 0 radical (unpaired) electrons. The zero-order chi connectivity index (χ0) is 39.5. The molecule has 4 unspecified atom stereocenters. The topological polar surface area (TPSA) is 202 Å². The Labute approximate surface area is 318 Å². The Hall–Kier alpha value is -5.99. The van der Waals surface area contributed by atoms with Crippen molar-refractivity contribution in [2.75, 3.05) is 12.3 Å². The van der Waals surface area contributed by atoms with E-state index in [0.29, 0.717) is 5.52 Å². The number of alkyl carbamates (subject to hydrolysis) is 1. The number of aromatic nitrogens is 3. The number of anilines is 1. The van der Waals surface area contributed by atoms with Crippen LogP contribution in [-0.4, -0.2) is 84.7 Å². The number of benzene rings is 3. The number of hydrogen-bond donors (Lipinski definition) is 5. The van der Waals surface area contributed by atoms with Gasteiger partial charge >= 0.3 is 18.2 Å². The third kappa shape index (κ3) is 7.82. The second kappa shape index (κ2) is 15.8. The number of ether oxygens (including phenoxy) is 3. The number of carbonyl (C=O) groups excluding carboxylic acids is 2. The summed E-state index contributed by atoms with van der Waals surface area (Å²) in [5.41, 5.74) is 7.16. The second-order valence-electron chi connectivity index (χ2n) is 14.8. The number of hydrogen-bond acceptors (Lipinski definition) is 10. The maximum Gasteiger partial charge on any atom is 0.408 e. The lowest BCUT2D eigenvalue weighted by molar-refractivity contribution is -0.160. The van der Waals surface area contributed by atoms with Crippen LogP contribution >= 0.6 is 0 Å². The molecule has 0 bridgehead atoms. The Balaban J connectivity index is 1.46. The third-order valence-electron chi connectivity index (χ3n) is 9.61. The van der Waals surface area contributed by atoms with Gasteiger partial charge in [-0.25, -0.2) is 24.4 Å². The van der Waals surface area contributed by atoms with E-state index >= 15 is 0 Å². The molecule has 3 heterocycles. The quantitative estimate of drug-likeness (QED) is 0.0810. The number of nitrogens with two attached hydrogens (primary N) is 1. The molecule has 3 aromatic carbocycles. The first-order valence-corrected chi connectivity index (χ1v) is 18.0. The number of aliphatic hydroxyl groups is 1. The van der Waals surface area contributed by atoms with Gasteiger partial charge in [-0.15, -0.1) is 0 Å². The van der Waals surface area contributed by atoms with Crippen LogP contribution in [0.15, 0.2) is 104 Å². The maximum absolute atomic E-state index is 14.1. The largest absolute Gasteiger partial charge is 0.465 e. The average Bonchev–Trinajstić information content (AvgIpc) is 3.70. The van der Waals surface area contributed by atoms with Crippen molar-refractivity contribution >= 4 is 35.0 Å². The summed E-state index contributed by atoms with van der Waals surface area (Å²) in [7, 11) is 0. The number of carboxylic acid groups (broad SMARTS) is 1. The molecule has 1 saturated heterocycles. The molecule has 1 aliphatic heterocycles. The van der Waals surface area contributed by atoms with Gasteiger partial charge < -0.3 is 40.5 Å². The number of esters is 1. The van der Waals surface area contributed by atoms with Crippen molar-refractivity contribution in [3.8, 4) is 0 Å². The Bertz CT molecular complexity index is 2010. The number of aliphatic hydroxyl groups excluding tert-OH is 1. The number of amides is 2. The molecule has 2 aromatic heterocycles. The van der Waals surface area contributed by atoms with E-state index in [1.54, 1.807) is 34.6 Å². The van der Waals surface area contributed by atoms with Crippen LogP contribution in [0.3, 0.4) is 0 Å². The standard InChI is InChI=1S/C41H46N6O8/c1-24(2)30(46-38(50)55-40(3,4)5)37(49)54-35-29(47(39(51)52)33(34(35)48)28-21-43-32-31(28)44-23-45-36(32)42)22-53-41(25-15-9-6-10-16-25,26-17-11-7-12-18-26)27-19-13-8-14-20-27/h6-21,23-24,29-30,33-35,43,48H,22H2,1-5H3,(H,46,50)(H,51,52)(H2,42,44,45)/t29?,30-,33?,34?,35?/m0/s1. The molecular formula is C41H46N6O8.